The number of hydrogen-bond acceptors (Lipinski definition) is 2. The minimum absolute atomic E-state index is 0.625. The van der Waals surface area contributed by atoms with Gasteiger partial charge in [-0.05, 0) is 18.6 Å². The molecule has 2 heterocycles. The monoisotopic (exact) mass is 206 g/mol. The van der Waals surface area contributed by atoms with Crippen molar-refractivity contribution in [3.63, 3.8) is 0 Å². The zero-order valence-corrected chi connectivity index (χ0v) is 8.47. The Balaban J connectivity index is 2.54. The molecule has 0 amide bonds. The molecular weight excluding hydrogens is 198 g/mol. The lowest BCUT2D eigenvalue weighted by Gasteiger charge is -2.00. The lowest BCUT2D eigenvalue weighted by atomic mass is 10.1. The van der Waals surface area contributed by atoms with Crippen LogP contribution in [-0.2, 0) is 6.42 Å². The van der Waals surface area contributed by atoms with Crippen molar-refractivity contribution >= 4 is 11.6 Å². The van der Waals surface area contributed by atoms with E-state index in [4.69, 9.17) is 11.6 Å². The number of aryl methyl sites for hydroxylation is 1. The third-order valence-electron chi connectivity index (χ3n) is 1.99. The van der Waals surface area contributed by atoms with Gasteiger partial charge in [0, 0.05) is 6.20 Å². The Morgan fingerprint density at radius 2 is 2.43 bits per heavy atom. The molecule has 4 heteroatoms. The second-order valence-corrected chi connectivity index (χ2v) is 3.26. The standard InChI is InChI=1S/C10H9ClN3/c1-2-9-7(6-13-14-9)10-8(11)4-3-5-12-10/h3-5H,2H2,1H3,(H,13,14). The van der Waals surface area contributed by atoms with Crippen molar-refractivity contribution in [2.75, 3.05) is 0 Å². The van der Waals surface area contributed by atoms with Crippen LogP contribution < -0.4 is 0 Å². The van der Waals surface area contributed by atoms with E-state index in [1.54, 1.807) is 12.3 Å². The van der Waals surface area contributed by atoms with Crippen molar-refractivity contribution in [3.05, 3.63) is 35.2 Å². The Labute approximate surface area is 87.1 Å². The van der Waals surface area contributed by atoms with Gasteiger partial charge in [0.2, 0.25) is 0 Å². The highest BCUT2D eigenvalue weighted by atomic mass is 35.5. The van der Waals surface area contributed by atoms with Crippen LogP contribution >= 0.6 is 11.6 Å². The molecule has 0 aliphatic heterocycles. The maximum atomic E-state index is 6.02. The molecule has 0 bridgehead atoms. The first-order chi connectivity index (χ1) is 6.83. The average Bonchev–Trinajstić information content (AvgIpc) is 2.66. The summed E-state index contributed by atoms with van der Waals surface area (Å²) in [5.41, 5.74) is 2.53. The van der Waals surface area contributed by atoms with Gasteiger partial charge in [0.05, 0.1) is 28.2 Å². The van der Waals surface area contributed by atoms with Crippen molar-refractivity contribution in [2.45, 2.75) is 13.3 Å². The van der Waals surface area contributed by atoms with Gasteiger partial charge < -0.3 is 0 Å². The molecule has 1 radical (unpaired) electrons. The lowest BCUT2D eigenvalue weighted by molar-refractivity contribution is 0.973. The van der Waals surface area contributed by atoms with Crippen LogP contribution in [0.1, 0.15) is 12.6 Å². The maximum Gasteiger partial charge on any atom is 0.0933 e. The number of hydrogen-bond donors (Lipinski definition) is 1. The quantitative estimate of drug-likeness (QED) is 0.820. The van der Waals surface area contributed by atoms with E-state index in [0.717, 1.165) is 23.4 Å². The molecule has 0 fully saturated rings. The van der Waals surface area contributed by atoms with E-state index in [0.29, 0.717) is 5.02 Å². The summed E-state index contributed by atoms with van der Waals surface area (Å²) in [5, 5.41) is 7.40. The Hall–Kier alpha value is -1.35. The van der Waals surface area contributed by atoms with Crippen LogP contribution in [0.15, 0.2) is 18.3 Å². The summed E-state index contributed by atoms with van der Waals surface area (Å²) in [7, 11) is 0. The molecule has 0 saturated heterocycles. The molecule has 3 nitrogen and oxygen atoms in total. The summed E-state index contributed by atoms with van der Waals surface area (Å²) in [5.74, 6) is 0. The van der Waals surface area contributed by atoms with Gasteiger partial charge in [0.25, 0.3) is 0 Å². The van der Waals surface area contributed by atoms with Crippen molar-refractivity contribution < 1.29 is 0 Å². The maximum absolute atomic E-state index is 6.02. The first kappa shape index (κ1) is 9.21. The number of halogens is 1. The normalized spacial score (nSPS) is 10.4. The molecule has 0 atom stereocenters. The Morgan fingerprint density at radius 3 is 3.14 bits per heavy atom. The molecule has 1 N–H and O–H groups in total. The minimum Gasteiger partial charge on any atom is -0.275 e. The van der Waals surface area contributed by atoms with Crippen LogP contribution in [0.3, 0.4) is 0 Å². The number of H-pyrrole nitrogens is 1. The fraction of sp³-hybridized carbons (Fsp3) is 0.200. The van der Waals surface area contributed by atoms with E-state index >= 15 is 0 Å². The number of aromatic nitrogens is 3. The SMILES string of the molecule is CCc1n[nH][c]c1-c1ncccc1Cl. The predicted octanol–water partition coefficient (Wildman–Crippen LogP) is 2.49. The molecule has 0 saturated carbocycles. The molecule has 71 valence electrons. The molecule has 2 aromatic rings. The van der Waals surface area contributed by atoms with Crippen LogP contribution in [0.5, 0.6) is 0 Å². The summed E-state index contributed by atoms with van der Waals surface area (Å²) in [4.78, 5) is 4.21. The van der Waals surface area contributed by atoms with Crippen LogP contribution in [0.2, 0.25) is 5.02 Å². The van der Waals surface area contributed by atoms with Gasteiger partial charge in [-0.2, -0.15) is 5.10 Å². The van der Waals surface area contributed by atoms with E-state index in [1.165, 1.54) is 0 Å². The molecule has 0 aliphatic carbocycles. The molecule has 2 rings (SSSR count). The molecular formula is C10H9ClN3. The second kappa shape index (κ2) is 3.80. The van der Waals surface area contributed by atoms with Crippen molar-refractivity contribution in [1.82, 2.24) is 15.2 Å². The largest absolute Gasteiger partial charge is 0.275 e. The zero-order chi connectivity index (χ0) is 9.97. The first-order valence-electron chi connectivity index (χ1n) is 4.38. The zero-order valence-electron chi connectivity index (χ0n) is 7.71. The predicted molar refractivity (Wildman–Crippen MR) is 55.0 cm³/mol. The fourth-order valence-corrected chi connectivity index (χ4v) is 1.52. The summed E-state index contributed by atoms with van der Waals surface area (Å²) in [6, 6.07) is 3.61. The van der Waals surface area contributed by atoms with Crippen molar-refractivity contribution in [2.24, 2.45) is 0 Å². The number of aromatic amines is 1. The van der Waals surface area contributed by atoms with Gasteiger partial charge in [-0.1, -0.05) is 18.5 Å². The van der Waals surface area contributed by atoms with E-state index in [-0.39, 0.29) is 0 Å². The third-order valence-corrected chi connectivity index (χ3v) is 2.30. The number of pyridine rings is 1. The highest BCUT2D eigenvalue weighted by Crippen LogP contribution is 2.26. The first-order valence-corrected chi connectivity index (χ1v) is 4.76. The van der Waals surface area contributed by atoms with Crippen LogP contribution in [-0.4, -0.2) is 15.2 Å². The van der Waals surface area contributed by atoms with Gasteiger partial charge in [0.15, 0.2) is 0 Å². The van der Waals surface area contributed by atoms with Gasteiger partial charge in [0.1, 0.15) is 0 Å². The Bertz CT molecular complexity index is 436. The van der Waals surface area contributed by atoms with Gasteiger partial charge in [-0.15, -0.1) is 0 Å². The number of rotatable bonds is 2. The second-order valence-electron chi connectivity index (χ2n) is 2.86. The Kier molecular flexibility index (Phi) is 2.50. The van der Waals surface area contributed by atoms with E-state index < -0.39 is 0 Å². The molecule has 0 aromatic carbocycles. The average molecular weight is 207 g/mol. The summed E-state index contributed by atoms with van der Waals surface area (Å²) in [6.45, 7) is 2.03. The van der Waals surface area contributed by atoms with Crippen molar-refractivity contribution in [1.29, 1.82) is 0 Å². The van der Waals surface area contributed by atoms with Crippen LogP contribution in [0, 0.1) is 6.20 Å². The molecule has 0 spiro atoms. The molecule has 14 heavy (non-hydrogen) atoms. The topological polar surface area (TPSA) is 41.6 Å². The highest BCUT2D eigenvalue weighted by Gasteiger charge is 2.10. The fourth-order valence-electron chi connectivity index (χ4n) is 1.30. The van der Waals surface area contributed by atoms with Crippen molar-refractivity contribution in [3.8, 4) is 11.3 Å². The van der Waals surface area contributed by atoms with Gasteiger partial charge in [-0.25, -0.2) is 0 Å². The van der Waals surface area contributed by atoms with Crippen LogP contribution in [0.4, 0.5) is 0 Å². The number of nitrogens with one attached hydrogen (secondary N) is 1. The van der Waals surface area contributed by atoms with Crippen LogP contribution in [0.25, 0.3) is 11.3 Å². The molecule has 0 aliphatic rings. The summed E-state index contributed by atoms with van der Waals surface area (Å²) < 4.78 is 0. The summed E-state index contributed by atoms with van der Waals surface area (Å²) in [6.07, 6.45) is 5.48. The minimum atomic E-state index is 0.625. The smallest absolute Gasteiger partial charge is 0.0933 e. The Morgan fingerprint density at radius 1 is 1.57 bits per heavy atom. The molecule has 2 aromatic heterocycles. The molecule has 0 unspecified atom stereocenters. The number of nitrogens with zero attached hydrogens (tertiary/aromatic N) is 2. The van der Waals surface area contributed by atoms with E-state index in [9.17, 15) is 0 Å². The van der Waals surface area contributed by atoms with Gasteiger partial charge >= 0.3 is 0 Å². The summed E-state index contributed by atoms with van der Waals surface area (Å²) >= 11 is 6.02. The lowest BCUT2D eigenvalue weighted by Crippen LogP contribution is -1.88. The van der Waals surface area contributed by atoms with E-state index in [2.05, 4.69) is 21.4 Å². The van der Waals surface area contributed by atoms with E-state index in [1.807, 2.05) is 13.0 Å². The third kappa shape index (κ3) is 1.51. The van der Waals surface area contributed by atoms with Gasteiger partial charge in [-0.3, -0.25) is 10.1 Å². The highest BCUT2D eigenvalue weighted by molar-refractivity contribution is 6.33.